The molecule has 0 radical (unpaired) electrons. The molecule has 0 aromatic carbocycles. The summed E-state index contributed by atoms with van der Waals surface area (Å²) in [6, 6.07) is 1.96. The van der Waals surface area contributed by atoms with Gasteiger partial charge in [0.25, 0.3) is 0 Å². The third kappa shape index (κ3) is 0.406. The highest BCUT2D eigenvalue weighted by atomic mass is 32.1. The van der Waals surface area contributed by atoms with Gasteiger partial charge < -0.3 is 4.42 Å². The van der Waals surface area contributed by atoms with E-state index in [0.717, 1.165) is 5.58 Å². The highest BCUT2D eigenvalue weighted by molar-refractivity contribution is 7.09. The molecule has 2 aromatic rings. The van der Waals surface area contributed by atoms with Crippen molar-refractivity contribution in [2.75, 3.05) is 0 Å². The Morgan fingerprint density at radius 3 is 3.25 bits per heavy atom. The molecule has 40 valence electrons. The summed E-state index contributed by atoms with van der Waals surface area (Å²) in [6.45, 7) is 0. The zero-order valence-electron chi connectivity index (χ0n) is 4.13. The first-order valence-electron chi connectivity index (χ1n) is 2.36. The van der Waals surface area contributed by atoms with E-state index in [9.17, 15) is 0 Å². The molecule has 2 rings (SSSR count). The summed E-state index contributed by atoms with van der Waals surface area (Å²) < 4.78 is 5.07. The maximum Gasteiger partial charge on any atom is 0.144 e. The van der Waals surface area contributed by atoms with E-state index in [0.29, 0.717) is 0 Å². The lowest BCUT2D eigenvalue weighted by molar-refractivity contribution is 0.617. The second-order valence-electron chi connectivity index (χ2n) is 1.61. The van der Waals surface area contributed by atoms with Crippen molar-refractivity contribution in [3.05, 3.63) is 23.1 Å². The van der Waals surface area contributed by atoms with E-state index < -0.39 is 0 Å². The van der Waals surface area contributed by atoms with E-state index in [1.807, 2.05) is 11.4 Å². The first-order valence-corrected chi connectivity index (χ1v) is 3.30. The largest absolute Gasteiger partial charge is 0.463 e. The predicted octanol–water partition coefficient (Wildman–Crippen LogP) is 2.49. The van der Waals surface area contributed by atoms with Crippen LogP contribution in [0.2, 0.25) is 0 Å². The third-order valence-electron chi connectivity index (χ3n) is 1.10. The maximum absolute atomic E-state index is 5.07. The Hall–Kier alpha value is -0.760. The summed E-state index contributed by atoms with van der Waals surface area (Å²) in [5.74, 6) is 0. The van der Waals surface area contributed by atoms with Gasteiger partial charge in [0.05, 0.1) is 6.26 Å². The van der Waals surface area contributed by atoms with Crippen molar-refractivity contribution >= 4 is 22.3 Å². The van der Waals surface area contributed by atoms with Crippen LogP contribution in [0, 0.1) is 0 Å². The molecule has 2 aromatic heterocycles. The zero-order chi connectivity index (χ0) is 5.40. The molecule has 0 bridgehead atoms. The van der Waals surface area contributed by atoms with Gasteiger partial charge in [-0.25, -0.2) is 0 Å². The minimum absolute atomic E-state index is 0.995. The van der Waals surface area contributed by atoms with Crippen molar-refractivity contribution in [3.8, 4) is 0 Å². The van der Waals surface area contributed by atoms with Gasteiger partial charge in [0.1, 0.15) is 5.58 Å². The molecular weight excluding hydrogens is 120 g/mol. The van der Waals surface area contributed by atoms with E-state index >= 15 is 0 Å². The molecular formula is C6H4OS. The molecule has 0 amide bonds. The highest BCUT2D eigenvalue weighted by Gasteiger charge is 1.92. The van der Waals surface area contributed by atoms with Crippen LogP contribution >= 0.6 is 11.3 Å². The van der Waals surface area contributed by atoms with Gasteiger partial charge in [-0.1, -0.05) is 0 Å². The van der Waals surface area contributed by atoms with Crippen molar-refractivity contribution in [2.24, 2.45) is 0 Å². The fourth-order valence-electron chi connectivity index (χ4n) is 0.693. The SMILES string of the molecule is c1cc2cscc2o1. The first-order chi connectivity index (χ1) is 3.97. The Labute approximate surface area is 50.5 Å². The average molecular weight is 124 g/mol. The normalized spacial score (nSPS) is 10.5. The summed E-state index contributed by atoms with van der Waals surface area (Å²) in [5, 5.41) is 5.27. The molecule has 2 heterocycles. The molecule has 0 aliphatic rings. The lowest BCUT2D eigenvalue weighted by atomic mass is 10.4. The average Bonchev–Trinajstić information content (AvgIpc) is 2.15. The van der Waals surface area contributed by atoms with Crippen LogP contribution in [-0.4, -0.2) is 0 Å². The molecule has 8 heavy (non-hydrogen) atoms. The zero-order valence-corrected chi connectivity index (χ0v) is 4.94. The van der Waals surface area contributed by atoms with Crippen LogP contribution in [0.3, 0.4) is 0 Å². The molecule has 2 heteroatoms. The van der Waals surface area contributed by atoms with E-state index in [1.165, 1.54) is 5.39 Å². The van der Waals surface area contributed by atoms with Gasteiger partial charge in [0, 0.05) is 16.1 Å². The van der Waals surface area contributed by atoms with Crippen LogP contribution in [0.15, 0.2) is 27.5 Å². The highest BCUT2D eigenvalue weighted by Crippen LogP contribution is 2.18. The smallest absolute Gasteiger partial charge is 0.144 e. The van der Waals surface area contributed by atoms with Crippen LogP contribution in [0.5, 0.6) is 0 Å². The van der Waals surface area contributed by atoms with E-state index in [2.05, 4.69) is 5.38 Å². The molecule has 0 saturated heterocycles. The fourth-order valence-corrected chi connectivity index (χ4v) is 1.42. The van der Waals surface area contributed by atoms with Gasteiger partial charge >= 0.3 is 0 Å². The number of fused-ring (bicyclic) bond motifs is 1. The van der Waals surface area contributed by atoms with Crippen molar-refractivity contribution in [2.45, 2.75) is 0 Å². The number of thiophene rings is 1. The van der Waals surface area contributed by atoms with Crippen LogP contribution in [0.4, 0.5) is 0 Å². The van der Waals surface area contributed by atoms with Crippen molar-refractivity contribution in [1.29, 1.82) is 0 Å². The maximum atomic E-state index is 5.07. The summed E-state index contributed by atoms with van der Waals surface area (Å²) in [7, 11) is 0. The van der Waals surface area contributed by atoms with E-state index in [1.54, 1.807) is 17.6 Å². The van der Waals surface area contributed by atoms with Gasteiger partial charge in [-0.05, 0) is 6.07 Å². The van der Waals surface area contributed by atoms with Gasteiger partial charge in [0.2, 0.25) is 0 Å². The fraction of sp³-hybridized carbons (Fsp3) is 0. The van der Waals surface area contributed by atoms with Crippen molar-refractivity contribution < 1.29 is 4.42 Å². The summed E-state index contributed by atoms with van der Waals surface area (Å²) in [6.07, 6.45) is 1.71. The quantitative estimate of drug-likeness (QED) is 0.526. The molecule has 0 N–H and O–H groups in total. The Morgan fingerprint density at radius 1 is 1.38 bits per heavy atom. The van der Waals surface area contributed by atoms with Crippen LogP contribution < -0.4 is 0 Å². The standard InChI is InChI=1S/C6H4OS/c1-2-7-6-4-8-3-5(1)6/h1-4H. The van der Waals surface area contributed by atoms with Crippen molar-refractivity contribution in [1.82, 2.24) is 0 Å². The Morgan fingerprint density at radius 2 is 2.38 bits per heavy atom. The monoisotopic (exact) mass is 124 g/mol. The second-order valence-corrected chi connectivity index (χ2v) is 2.36. The third-order valence-corrected chi connectivity index (χ3v) is 1.84. The van der Waals surface area contributed by atoms with E-state index in [-0.39, 0.29) is 0 Å². The lowest BCUT2D eigenvalue weighted by Gasteiger charge is -1.65. The molecule has 0 atom stereocenters. The topological polar surface area (TPSA) is 13.1 Å². The Kier molecular flexibility index (Phi) is 0.704. The molecule has 0 fully saturated rings. The first kappa shape index (κ1) is 4.15. The number of rotatable bonds is 0. The predicted molar refractivity (Wildman–Crippen MR) is 34.1 cm³/mol. The Balaban J connectivity index is 3.06. The molecule has 0 unspecified atom stereocenters. The minimum atomic E-state index is 0.995. The van der Waals surface area contributed by atoms with Gasteiger partial charge in [-0.3, -0.25) is 0 Å². The van der Waals surface area contributed by atoms with Crippen LogP contribution in [0.1, 0.15) is 0 Å². The lowest BCUT2D eigenvalue weighted by Crippen LogP contribution is -1.38. The number of hydrogen-bond acceptors (Lipinski definition) is 2. The van der Waals surface area contributed by atoms with Crippen molar-refractivity contribution in [3.63, 3.8) is 0 Å². The molecule has 0 aliphatic carbocycles. The van der Waals surface area contributed by atoms with Gasteiger partial charge in [-0.2, -0.15) is 0 Å². The van der Waals surface area contributed by atoms with E-state index in [4.69, 9.17) is 4.42 Å². The van der Waals surface area contributed by atoms with Gasteiger partial charge in [0.15, 0.2) is 0 Å². The molecule has 1 nitrogen and oxygen atoms in total. The summed E-state index contributed by atoms with van der Waals surface area (Å²) in [4.78, 5) is 0. The molecule has 0 aliphatic heterocycles. The summed E-state index contributed by atoms with van der Waals surface area (Å²) in [5.41, 5.74) is 0.995. The number of hydrogen-bond donors (Lipinski definition) is 0. The van der Waals surface area contributed by atoms with Crippen LogP contribution in [0.25, 0.3) is 11.0 Å². The number of furan rings is 1. The summed E-state index contributed by atoms with van der Waals surface area (Å²) >= 11 is 1.67. The van der Waals surface area contributed by atoms with Crippen LogP contribution in [-0.2, 0) is 0 Å². The molecule has 0 saturated carbocycles. The molecule has 0 spiro atoms. The minimum Gasteiger partial charge on any atom is -0.463 e. The van der Waals surface area contributed by atoms with Gasteiger partial charge in [-0.15, -0.1) is 11.3 Å². The Bertz CT molecular complexity index is 230. The second kappa shape index (κ2) is 1.36.